The van der Waals surface area contributed by atoms with Crippen molar-refractivity contribution in [2.45, 2.75) is 37.4 Å². The Bertz CT molecular complexity index is 362. The topological polar surface area (TPSA) is 91.3 Å². The van der Waals surface area contributed by atoms with Crippen molar-refractivity contribution in [1.29, 1.82) is 0 Å². The number of carboxylic acids is 1. The molecule has 0 aliphatic carbocycles. The van der Waals surface area contributed by atoms with Crippen LogP contribution < -0.4 is 0 Å². The molecular weight excluding hydrogens is 368 g/mol. The fourth-order valence-corrected chi connectivity index (χ4v) is 5.12. The Kier molecular flexibility index (Phi) is 14.2. The molecule has 146 valence electrons. The van der Waals surface area contributed by atoms with Crippen molar-refractivity contribution >= 4 is 33.5 Å². The van der Waals surface area contributed by atoms with E-state index < -0.39 is 5.97 Å². The van der Waals surface area contributed by atoms with Gasteiger partial charge in [-0.1, -0.05) is 28.0 Å². The molecule has 0 spiro atoms. The number of rotatable bonds is 16. The molecule has 0 aromatic rings. The fourth-order valence-electron chi connectivity index (χ4n) is 2.09. The zero-order valence-electron chi connectivity index (χ0n) is 14.5. The highest BCUT2D eigenvalue weighted by molar-refractivity contribution is 8.77. The number of unbranched alkanes of at least 4 members (excludes halogenated alkanes) is 1. The van der Waals surface area contributed by atoms with Gasteiger partial charge >= 0.3 is 11.9 Å². The van der Waals surface area contributed by atoms with E-state index in [1.807, 2.05) is 21.6 Å². The van der Waals surface area contributed by atoms with Crippen LogP contribution in [0.1, 0.15) is 32.1 Å². The lowest BCUT2D eigenvalue weighted by molar-refractivity contribution is -0.145. The van der Waals surface area contributed by atoms with Crippen molar-refractivity contribution < 1.29 is 33.6 Å². The van der Waals surface area contributed by atoms with Gasteiger partial charge in [0.1, 0.15) is 13.2 Å². The summed E-state index contributed by atoms with van der Waals surface area (Å²) < 4.78 is 20.4. The quantitative estimate of drug-likeness (QED) is 0.240. The lowest BCUT2D eigenvalue weighted by Gasteiger charge is -2.08. The maximum Gasteiger partial charge on any atom is 0.329 e. The van der Waals surface area contributed by atoms with Crippen LogP contribution in [-0.2, 0) is 28.5 Å². The lowest BCUT2D eigenvalue weighted by atomic mass is 10.1. The first-order valence-corrected chi connectivity index (χ1v) is 11.0. The molecule has 0 saturated carbocycles. The van der Waals surface area contributed by atoms with Crippen molar-refractivity contribution in [3.63, 3.8) is 0 Å². The largest absolute Gasteiger partial charge is 0.480 e. The molecule has 25 heavy (non-hydrogen) atoms. The highest BCUT2D eigenvalue weighted by Gasteiger charge is 2.15. The second kappa shape index (κ2) is 15.7. The van der Waals surface area contributed by atoms with E-state index in [1.165, 1.54) is 18.6 Å². The molecule has 1 rings (SSSR count). The fraction of sp³-hybridized carbons (Fsp3) is 0.875. The zero-order chi connectivity index (χ0) is 18.2. The van der Waals surface area contributed by atoms with Gasteiger partial charge in [0.25, 0.3) is 0 Å². The maximum atomic E-state index is 11.6. The molecule has 1 aliphatic heterocycles. The number of esters is 1. The molecule has 0 radical (unpaired) electrons. The van der Waals surface area contributed by atoms with Crippen LogP contribution in [-0.4, -0.2) is 74.3 Å². The number of hydrogen-bond donors (Lipinski definition) is 1. The normalized spacial score (nSPS) is 16.9. The highest BCUT2D eigenvalue weighted by atomic mass is 33.1. The van der Waals surface area contributed by atoms with Gasteiger partial charge in [0.15, 0.2) is 0 Å². The molecule has 1 N–H and O–H groups in total. The molecule has 0 bridgehead atoms. The lowest BCUT2D eigenvalue weighted by Crippen LogP contribution is -2.15. The van der Waals surface area contributed by atoms with Crippen molar-refractivity contribution in [2.24, 2.45) is 0 Å². The van der Waals surface area contributed by atoms with E-state index in [0.29, 0.717) is 32.8 Å². The Hall–Kier alpha value is -0.480. The number of carboxylic acid groups (broad SMARTS) is 1. The van der Waals surface area contributed by atoms with Gasteiger partial charge in [0, 0.05) is 17.4 Å². The summed E-state index contributed by atoms with van der Waals surface area (Å²) in [5, 5.41) is 9.12. The van der Waals surface area contributed by atoms with E-state index in [2.05, 4.69) is 0 Å². The standard InChI is InChI=1S/C16H28O7S2/c17-15(18)13-22-9-8-20-6-7-21-10-11-23-16(19)4-2-1-3-14-5-12-24-25-14/h14H,1-13H2,(H,17,18). The Morgan fingerprint density at radius 2 is 1.64 bits per heavy atom. The van der Waals surface area contributed by atoms with E-state index >= 15 is 0 Å². The molecule has 0 amide bonds. The first kappa shape index (κ1) is 22.6. The Morgan fingerprint density at radius 3 is 2.28 bits per heavy atom. The second-order valence-corrected chi connectivity index (χ2v) is 8.25. The second-order valence-electron chi connectivity index (χ2n) is 5.47. The van der Waals surface area contributed by atoms with Gasteiger partial charge < -0.3 is 24.1 Å². The Labute approximate surface area is 156 Å². The maximum absolute atomic E-state index is 11.6. The third-order valence-electron chi connectivity index (χ3n) is 3.34. The first-order valence-electron chi connectivity index (χ1n) is 8.57. The first-order chi connectivity index (χ1) is 12.2. The average molecular weight is 397 g/mol. The van der Waals surface area contributed by atoms with Gasteiger partial charge in [-0.25, -0.2) is 4.79 Å². The predicted octanol–water partition coefficient (Wildman–Crippen LogP) is 2.38. The molecule has 1 aliphatic rings. The molecule has 0 aromatic carbocycles. The van der Waals surface area contributed by atoms with Gasteiger partial charge in [-0.05, 0) is 19.3 Å². The summed E-state index contributed by atoms with van der Waals surface area (Å²) in [6.07, 6.45) is 4.92. The van der Waals surface area contributed by atoms with E-state index in [-0.39, 0.29) is 25.8 Å². The number of hydrogen-bond acceptors (Lipinski definition) is 8. The van der Waals surface area contributed by atoms with E-state index in [1.54, 1.807) is 0 Å². The summed E-state index contributed by atoms with van der Waals surface area (Å²) in [6, 6.07) is 0. The molecule has 0 aromatic heterocycles. The molecule has 1 fully saturated rings. The number of carbonyl (C=O) groups is 2. The predicted molar refractivity (Wildman–Crippen MR) is 98.0 cm³/mol. The summed E-state index contributed by atoms with van der Waals surface area (Å²) in [5.74, 6) is 0.0923. The molecule has 1 unspecified atom stereocenters. The van der Waals surface area contributed by atoms with Gasteiger partial charge in [0.05, 0.1) is 33.0 Å². The van der Waals surface area contributed by atoms with E-state index in [4.69, 9.17) is 24.1 Å². The molecular formula is C16H28O7S2. The average Bonchev–Trinajstić information content (AvgIpc) is 3.09. The van der Waals surface area contributed by atoms with Crippen molar-refractivity contribution in [1.82, 2.24) is 0 Å². The van der Waals surface area contributed by atoms with Gasteiger partial charge in [-0.15, -0.1) is 0 Å². The van der Waals surface area contributed by atoms with Gasteiger partial charge in [-0.2, -0.15) is 0 Å². The van der Waals surface area contributed by atoms with Crippen molar-refractivity contribution in [2.75, 3.05) is 52.0 Å². The smallest absolute Gasteiger partial charge is 0.329 e. The summed E-state index contributed by atoms with van der Waals surface area (Å²) in [7, 11) is 3.92. The molecule has 9 heteroatoms. The van der Waals surface area contributed by atoms with Crippen LogP contribution in [0.25, 0.3) is 0 Å². The number of carbonyl (C=O) groups excluding carboxylic acids is 1. The minimum atomic E-state index is -0.996. The van der Waals surface area contributed by atoms with Crippen molar-refractivity contribution in [3.8, 4) is 0 Å². The molecule has 1 saturated heterocycles. The van der Waals surface area contributed by atoms with Crippen LogP contribution in [0, 0.1) is 0 Å². The van der Waals surface area contributed by atoms with Crippen LogP contribution in [0.5, 0.6) is 0 Å². The van der Waals surface area contributed by atoms with Crippen LogP contribution >= 0.6 is 21.6 Å². The van der Waals surface area contributed by atoms with Crippen LogP contribution in [0.4, 0.5) is 0 Å². The number of ether oxygens (including phenoxy) is 4. The summed E-state index contributed by atoms with van der Waals surface area (Å²) in [4.78, 5) is 21.7. The minimum absolute atomic E-state index is 0.163. The third kappa shape index (κ3) is 14.4. The Balaban J connectivity index is 1.75. The molecule has 7 nitrogen and oxygen atoms in total. The summed E-state index contributed by atoms with van der Waals surface area (Å²) in [6.45, 7) is 1.64. The SMILES string of the molecule is O=C(O)COCCOCCOCCOC(=O)CCCCC1CCSS1. The zero-order valence-corrected chi connectivity index (χ0v) is 16.1. The molecule has 1 heterocycles. The highest BCUT2D eigenvalue weighted by Crippen LogP contribution is 2.39. The third-order valence-corrected chi connectivity index (χ3v) is 6.35. The van der Waals surface area contributed by atoms with Gasteiger partial charge in [-0.3, -0.25) is 4.79 Å². The molecule has 1 atom stereocenters. The van der Waals surface area contributed by atoms with Crippen molar-refractivity contribution in [3.05, 3.63) is 0 Å². The summed E-state index contributed by atoms with van der Waals surface area (Å²) in [5.41, 5.74) is 0. The van der Waals surface area contributed by atoms with E-state index in [0.717, 1.165) is 18.1 Å². The van der Waals surface area contributed by atoms with E-state index in [9.17, 15) is 9.59 Å². The van der Waals surface area contributed by atoms with Crippen LogP contribution in [0.15, 0.2) is 0 Å². The monoisotopic (exact) mass is 396 g/mol. The van der Waals surface area contributed by atoms with Crippen LogP contribution in [0.3, 0.4) is 0 Å². The minimum Gasteiger partial charge on any atom is -0.480 e. The van der Waals surface area contributed by atoms with Crippen LogP contribution in [0.2, 0.25) is 0 Å². The Morgan fingerprint density at radius 1 is 0.960 bits per heavy atom. The summed E-state index contributed by atoms with van der Waals surface area (Å²) >= 11 is 0. The number of aliphatic carboxylic acids is 1. The van der Waals surface area contributed by atoms with Gasteiger partial charge in [0.2, 0.25) is 0 Å².